The summed E-state index contributed by atoms with van der Waals surface area (Å²) >= 11 is 6.65. The van der Waals surface area contributed by atoms with Crippen molar-refractivity contribution in [3.05, 3.63) is 64.3 Å². The number of hydrogen-bond donors (Lipinski definition) is 1. The van der Waals surface area contributed by atoms with Crippen molar-refractivity contribution < 1.29 is 19.1 Å². The molecule has 1 saturated heterocycles. The maximum atomic E-state index is 12.4. The largest absolute Gasteiger partial charge is 0.484 e. The van der Waals surface area contributed by atoms with Gasteiger partial charge in [-0.2, -0.15) is 0 Å². The van der Waals surface area contributed by atoms with E-state index in [0.717, 1.165) is 22.2 Å². The summed E-state index contributed by atoms with van der Waals surface area (Å²) < 4.78 is 5.33. The number of aromatic nitrogens is 1. The summed E-state index contributed by atoms with van der Waals surface area (Å²) in [5, 5.41) is 2.83. The molecule has 144 valence electrons. The quantitative estimate of drug-likeness (QED) is 0.697. The summed E-state index contributed by atoms with van der Waals surface area (Å²) in [4.78, 5) is 41.7. The Labute approximate surface area is 170 Å². The number of imide groups is 1. The minimum atomic E-state index is -0.384. The third-order valence-electron chi connectivity index (χ3n) is 3.70. The zero-order chi connectivity index (χ0) is 19.9. The predicted octanol–water partition coefficient (Wildman–Crippen LogP) is 2.97. The molecule has 0 aliphatic carbocycles. The topological polar surface area (TPSA) is 88.6 Å². The van der Waals surface area contributed by atoms with E-state index < -0.39 is 0 Å². The van der Waals surface area contributed by atoms with E-state index in [0.29, 0.717) is 15.7 Å². The molecule has 2 heterocycles. The molecule has 1 fully saturated rings. The molecule has 0 atom stereocenters. The minimum Gasteiger partial charge on any atom is -0.484 e. The first kappa shape index (κ1) is 19.9. The van der Waals surface area contributed by atoms with Gasteiger partial charge in [-0.1, -0.05) is 17.7 Å². The average molecular weight is 418 g/mol. The molecule has 1 N–H and O–H groups in total. The number of amides is 3. The van der Waals surface area contributed by atoms with Gasteiger partial charge in [0.15, 0.2) is 6.61 Å². The van der Waals surface area contributed by atoms with Gasteiger partial charge in [-0.05, 0) is 53.7 Å². The second-order valence-corrected chi connectivity index (χ2v) is 7.14. The van der Waals surface area contributed by atoms with Crippen LogP contribution in [0.15, 0.2) is 53.7 Å². The first-order valence-corrected chi connectivity index (χ1v) is 9.53. The van der Waals surface area contributed by atoms with Gasteiger partial charge < -0.3 is 10.1 Å². The molecule has 9 heteroatoms. The highest BCUT2D eigenvalue weighted by molar-refractivity contribution is 8.18. The van der Waals surface area contributed by atoms with E-state index in [9.17, 15) is 14.4 Å². The van der Waals surface area contributed by atoms with Crippen LogP contribution < -0.4 is 10.1 Å². The first-order valence-electron chi connectivity index (χ1n) is 8.33. The summed E-state index contributed by atoms with van der Waals surface area (Å²) in [7, 11) is 0. The number of ether oxygens (including phenoxy) is 1. The number of thioether (sulfide) groups is 1. The number of hydrogen-bond acceptors (Lipinski definition) is 6. The molecular weight excluding hydrogens is 402 g/mol. The molecule has 0 saturated carbocycles. The number of nitrogens with one attached hydrogen (secondary N) is 1. The highest BCUT2D eigenvalue weighted by Crippen LogP contribution is 2.31. The minimum absolute atomic E-state index is 0.0851. The van der Waals surface area contributed by atoms with Crippen LogP contribution in [0.25, 0.3) is 6.08 Å². The van der Waals surface area contributed by atoms with E-state index in [1.807, 2.05) is 0 Å². The van der Waals surface area contributed by atoms with E-state index in [1.165, 1.54) is 0 Å². The second-order valence-electron chi connectivity index (χ2n) is 5.71. The number of halogens is 1. The predicted molar refractivity (Wildman–Crippen MR) is 107 cm³/mol. The van der Waals surface area contributed by atoms with Gasteiger partial charge in [-0.15, -0.1) is 0 Å². The summed E-state index contributed by atoms with van der Waals surface area (Å²) in [6.45, 7) is 0.0488. The Hall–Kier alpha value is -2.84. The van der Waals surface area contributed by atoms with Crippen molar-refractivity contribution in [2.75, 3.05) is 19.7 Å². The van der Waals surface area contributed by atoms with E-state index in [4.69, 9.17) is 16.3 Å². The number of nitrogens with zero attached hydrogens (tertiary/aromatic N) is 2. The smallest absolute Gasteiger partial charge is 0.293 e. The van der Waals surface area contributed by atoms with Gasteiger partial charge >= 0.3 is 0 Å². The fourth-order valence-corrected chi connectivity index (χ4v) is 3.33. The van der Waals surface area contributed by atoms with Crippen LogP contribution in [0, 0.1) is 0 Å². The molecule has 0 spiro atoms. The zero-order valence-corrected chi connectivity index (χ0v) is 16.2. The highest BCUT2D eigenvalue weighted by atomic mass is 35.5. The van der Waals surface area contributed by atoms with Crippen molar-refractivity contribution >= 4 is 46.5 Å². The van der Waals surface area contributed by atoms with Crippen LogP contribution in [0.2, 0.25) is 5.02 Å². The van der Waals surface area contributed by atoms with Crippen LogP contribution in [-0.2, 0) is 9.59 Å². The third kappa shape index (κ3) is 5.34. The SMILES string of the molecule is O=C(COc1ccc(Cl)cc1)NCCN1C(=O)S/C(=C\c2cccnc2)C1=O. The maximum Gasteiger partial charge on any atom is 0.293 e. The Morgan fingerprint density at radius 1 is 1.25 bits per heavy atom. The van der Waals surface area contributed by atoms with Crippen LogP contribution in [-0.4, -0.2) is 46.6 Å². The van der Waals surface area contributed by atoms with Gasteiger partial charge in [0.05, 0.1) is 4.91 Å². The molecule has 0 unspecified atom stereocenters. The molecule has 1 aromatic carbocycles. The molecule has 1 aliphatic heterocycles. The van der Waals surface area contributed by atoms with Gasteiger partial charge in [-0.25, -0.2) is 0 Å². The fraction of sp³-hybridized carbons (Fsp3) is 0.158. The number of rotatable bonds is 7. The normalized spacial score (nSPS) is 15.2. The van der Waals surface area contributed by atoms with E-state index in [1.54, 1.807) is 54.9 Å². The molecule has 7 nitrogen and oxygen atoms in total. The standard InChI is InChI=1S/C19H16ClN3O4S/c20-14-3-5-15(6-4-14)27-12-17(24)22-8-9-23-18(25)16(28-19(23)26)10-13-2-1-7-21-11-13/h1-7,10-11H,8-9,12H2,(H,22,24)/b16-10-. The fourth-order valence-electron chi connectivity index (χ4n) is 2.34. The molecule has 1 aliphatic rings. The zero-order valence-electron chi connectivity index (χ0n) is 14.6. The first-order chi connectivity index (χ1) is 13.5. The molecular formula is C19H16ClN3O4S. The molecule has 2 aromatic rings. The third-order valence-corrected chi connectivity index (χ3v) is 4.86. The Balaban J connectivity index is 1.46. The maximum absolute atomic E-state index is 12.4. The Kier molecular flexibility index (Phi) is 6.67. The monoisotopic (exact) mass is 417 g/mol. The van der Waals surface area contributed by atoms with Crippen LogP contribution >= 0.6 is 23.4 Å². The van der Waals surface area contributed by atoms with Crippen LogP contribution in [0.5, 0.6) is 5.75 Å². The average Bonchev–Trinajstić information content (AvgIpc) is 2.95. The van der Waals surface area contributed by atoms with Crippen molar-refractivity contribution in [1.82, 2.24) is 15.2 Å². The molecule has 3 rings (SSSR count). The number of benzene rings is 1. The Morgan fingerprint density at radius 3 is 2.75 bits per heavy atom. The summed E-state index contributed by atoms with van der Waals surface area (Å²) in [5.41, 5.74) is 0.737. The van der Waals surface area contributed by atoms with E-state index >= 15 is 0 Å². The van der Waals surface area contributed by atoms with Gasteiger partial charge in [-0.3, -0.25) is 24.3 Å². The lowest BCUT2D eigenvalue weighted by Gasteiger charge is -2.13. The number of pyridine rings is 1. The van der Waals surface area contributed by atoms with Crippen molar-refractivity contribution in [2.45, 2.75) is 0 Å². The van der Waals surface area contributed by atoms with Crippen LogP contribution in [0.3, 0.4) is 0 Å². The summed E-state index contributed by atoms with van der Waals surface area (Å²) in [6.07, 6.45) is 4.85. The lowest BCUT2D eigenvalue weighted by molar-refractivity contribution is -0.125. The van der Waals surface area contributed by atoms with Gasteiger partial charge in [0.2, 0.25) is 0 Å². The van der Waals surface area contributed by atoms with Crippen molar-refractivity contribution in [3.63, 3.8) is 0 Å². The second kappa shape index (κ2) is 9.38. The summed E-state index contributed by atoms with van der Waals surface area (Å²) in [6, 6.07) is 10.2. The number of carbonyl (C=O) groups is 3. The van der Waals surface area contributed by atoms with Gasteiger partial charge in [0.1, 0.15) is 5.75 Å². The lowest BCUT2D eigenvalue weighted by Crippen LogP contribution is -2.38. The Morgan fingerprint density at radius 2 is 2.04 bits per heavy atom. The highest BCUT2D eigenvalue weighted by Gasteiger charge is 2.34. The number of carbonyl (C=O) groups excluding carboxylic acids is 3. The molecule has 1 aromatic heterocycles. The van der Waals surface area contributed by atoms with Crippen molar-refractivity contribution in [2.24, 2.45) is 0 Å². The van der Waals surface area contributed by atoms with E-state index in [-0.39, 0.29) is 36.7 Å². The van der Waals surface area contributed by atoms with Crippen molar-refractivity contribution in [1.29, 1.82) is 0 Å². The lowest BCUT2D eigenvalue weighted by atomic mass is 10.2. The van der Waals surface area contributed by atoms with Gasteiger partial charge in [0.25, 0.3) is 17.1 Å². The molecule has 28 heavy (non-hydrogen) atoms. The van der Waals surface area contributed by atoms with Crippen molar-refractivity contribution in [3.8, 4) is 5.75 Å². The molecule has 0 radical (unpaired) electrons. The Bertz CT molecular complexity index is 903. The van der Waals surface area contributed by atoms with E-state index in [2.05, 4.69) is 10.3 Å². The molecule has 3 amide bonds. The molecule has 0 bridgehead atoms. The van der Waals surface area contributed by atoms with Crippen LogP contribution in [0.1, 0.15) is 5.56 Å². The van der Waals surface area contributed by atoms with Crippen LogP contribution in [0.4, 0.5) is 4.79 Å². The van der Waals surface area contributed by atoms with Gasteiger partial charge in [0, 0.05) is 30.5 Å². The summed E-state index contributed by atoms with van der Waals surface area (Å²) in [5.74, 6) is -0.218.